The van der Waals surface area contributed by atoms with Crippen molar-refractivity contribution >= 4 is 5.82 Å². The predicted molar refractivity (Wildman–Crippen MR) is 58.3 cm³/mol. The first-order chi connectivity index (χ1) is 7.36. The Balaban J connectivity index is 2.13. The molecule has 0 atom stereocenters. The summed E-state index contributed by atoms with van der Waals surface area (Å²) < 4.78 is 5.30. The molecule has 3 nitrogen and oxygen atoms in total. The molecule has 1 aliphatic carbocycles. The molecule has 1 fully saturated rings. The zero-order valence-electron chi connectivity index (χ0n) is 8.31. The van der Waals surface area contributed by atoms with E-state index in [1.165, 1.54) is 12.8 Å². The smallest absolute Gasteiger partial charge is 0.175 e. The van der Waals surface area contributed by atoms with Crippen LogP contribution in [0.3, 0.4) is 0 Å². The highest BCUT2D eigenvalue weighted by Gasteiger charge is 2.32. The quantitative estimate of drug-likeness (QED) is 0.810. The van der Waals surface area contributed by atoms with Crippen molar-refractivity contribution in [1.29, 1.82) is 0 Å². The first-order valence-corrected chi connectivity index (χ1v) is 5.16. The maximum absolute atomic E-state index is 5.83. The van der Waals surface area contributed by atoms with Gasteiger partial charge in [-0.2, -0.15) is 0 Å². The van der Waals surface area contributed by atoms with Gasteiger partial charge in [0, 0.05) is 5.92 Å². The zero-order chi connectivity index (χ0) is 10.3. The van der Waals surface area contributed by atoms with E-state index < -0.39 is 0 Å². The Morgan fingerprint density at radius 1 is 1.20 bits per heavy atom. The van der Waals surface area contributed by atoms with Crippen LogP contribution in [0.4, 0.5) is 5.82 Å². The monoisotopic (exact) mass is 200 g/mol. The van der Waals surface area contributed by atoms with Gasteiger partial charge in [-0.25, -0.2) is 0 Å². The molecule has 2 aromatic rings. The van der Waals surface area contributed by atoms with E-state index in [0.29, 0.717) is 11.7 Å². The Hall–Kier alpha value is -1.77. The van der Waals surface area contributed by atoms with E-state index in [1.54, 1.807) is 0 Å². The van der Waals surface area contributed by atoms with Gasteiger partial charge in [-0.05, 0) is 18.4 Å². The van der Waals surface area contributed by atoms with E-state index in [4.69, 9.17) is 10.3 Å². The third-order valence-electron chi connectivity index (χ3n) is 2.76. The average Bonchev–Trinajstić information content (AvgIpc) is 3.04. The van der Waals surface area contributed by atoms with Gasteiger partial charge in [-0.15, -0.1) is 0 Å². The predicted octanol–water partition coefficient (Wildman–Crippen LogP) is 2.80. The molecule has 0 amide bonds. The van der Waals surface area contributed by atoms with Crippen LogP contribution in [-0.2, 0) is 0 Å². The van der Waals surface area contributed by atoms with Gasteiger partial charge in [-0.3, -0.25) is 0 Å². The summed E-state index contributed by atoms with van der Waals surface area (Å²) >= 11 is 0. The second kappa shape index (κ2) is 3.12. The van der Waals surface area contributed by atoms with Gasteiger partial charge in [0.2, 0.25) is 0 Å². The summed E-state index contributed by atoms with van der Waals surface area (Å²) in [6.45, 7) is 0. The van der Waals surface area contributed by atoms with Crippen LogP contribution in [0.2, 0.25) is 0 Å². The summed E-state index contributed by atoms with van der Waals surface area (Å²) in [6.07, 6.45) is 2.38. The van der Waals surface area contributed by atoms with Crippen molar-refractivity contribution < 1.29 is 4.52 Å². The Morgan fingerprint density at radius 3 is 2.60 bits per heavy atom. The fourth-order valence-electron chi connectivity index (χ4n) is 1.84. The van der Waals surface area contributed by atoms with Gasteiger partial charge in [0.25, 0.3) is 0 Å². The molecule has 76 valence electrons. The van der Waals surface area contributed by atoms with Crippen molar-refractivity contribution in [2.75, 3.05) is 5.73 Å². The van der Waals surface area contributed by atoms with E-state index in [9.17, 15) is 0 Å². The van der Waals surface area contributed by atoms with E-state index in [-0.39, 0.29) is 0 Å². The molecule has 0 spiro atoms. The van der Waals surface area contributed by atoms with Crippen LogP contribution in [0, 0.1) is 0 Å². The largest absolute Gasteiger partial charge is 0.380 e. The van der Waals surface area contributed by atoms with E-state index in [0.717, 1.165) is 16.9 Å². The molecule has 3 heteroatoms. The number of benzene rings is 1. The molecule has 0 unspecified atom stereocenters. The van der Waals surface area contributed by atoms with Crippen molar-refractivity contribution in [3.05, 3.63) is 36.1 Å². The number of anilines is 1. The Morgan fingerprint density at radius 2 is 1.93 bits per heavy atom. The fraction of sp³-hybridized carbons (Fsp3) is 0.250. The Labute approximate surface area is 87.9 Å². The minimum absolute atomic E-state index is 0.503. The lowest BCUT2D eigenvalue weighted by atomic mass is 10.0. The summed E-state index contributed by atoms with van der Waals surface area (Å²) in [5.74, 6) is 1.99. The molecule has 2 N–H and O–H groups in total. The molecule has 3 rings (SSSR count). The lowest BCUT2D eigenvalue weighted by Crippen LogP contribution is -1.89. The number of hydrogen-bond acceptors (Lipinski definition) is 3. The molecule has 0 bridgehead atoms. The summed E-state index contributed by atoms with van der Waals surface area (Å²) in [5, 5.41) is 3.86. The topological polar surface area (TPSA) is 52.0 Å². The summed E-state index contributed by atoms with van der Waals surface area (Å²) in [5.41, 5.74) is 7.91. The molecular weight excluding hydrogens is 188 g/mol. The molecule has 1 aliphatic rings. The molecule has 0 saturated heterocycles. The van der Waals surface area contributed by atoms with Gasteiger partial charge in [-0.1, -0.05) is 35.5 Å². The third-order valence-corrected chi connectivity index (χ3v) is 2.76. The lowest BCUT2D eigenvalue weighted by Gasteiger charge is -2.00. The number of rotatable bonds is 2. The number of hydrogen-bond donors (Lipinski definition) is 1. The van der Waals surface area contributed by atoms with Crippen molar-refractivity contribution in [3.8, 4) is 11.1 Å². The van der Waals surface area contributed by atoms with Gasteiger partial charge >= 0.3 is 0 Å². The minimum atomic E-state index is 0.503. The zero-order valence-corrected chi connectivity index (χ0v) is 8.31. The first-order valence-electron chi connectivity index (χ1n) is 5.16. The fourth-order valence-corrected chi connectivity index (χ4v) is 1.84. The van der Waals surface area contributed by atoms with Crippen molar-refractivity contribution in [2.45, 2.75) is 18.8 Å². The number of nitrogens with two attached hydrogens (primary N) is 1. The highest BCUT2D eigenvalue weighted by molar-refractivity contribution is 5.76. The Bertz CT molecular complexity index is 472. The summed E-state index contributed by atoms with van der Waals surface area (Å²) in [7, 11) is 0. The molecule has 1 heterocycles. The molecule has 1 aromatic carbocycles. The SMILES string of the molecule is Nc1noc(C2CC2)c1-c1ccccc1. The number of nitrogen functional groups attached to an aromatic ring is 1. The van der Waals surface area contributed by atoms with Crippen LogP contribution in [-0.4, -0.2) is 5.16 Å². The van der Waals surface area contributed by atoms with E-state index >= 15 is 0 Å². The van der Waals surface area contributed by atoms with E-state index in [2.05, 4.69) is 5.16 Å². The van der Waals surface area contributed by atoms with Gasteiger partial charge in [0.05, 0.1) is 5.56 Å². The molecular formula is C12H12N2O. The van der Waals surface area contributed by atoms with Gasteiger partial charge < -0.3 is 10.3 Å². The van der Waals surface area contributed by atoms with Crippen LogP contribution in [0.1, 0.15) is 24.5 Å². The van der Waals surface area contributed by atoms with Crippen LogP contribution >= 0.6 is 0 Å². The van der Waals surface area contributed by atoms with Crippen LogP contribution in [0.15, 0.2) is 34.9 Å². The van der Waals surface area contributed by atoms with Crippen LogP contribution in [0.25, 0.3) is 11.1 Å². The minimum Gasteiger partial charge on any atom is -0.380 e. The maximum Gasteiger partial charge on any atom is 0.175 e. The summed E-state index contributed by atoms with van der Waals surface area (Å²) in [6, 6.07) is 10.1. The molecule has 1 aromatic heterocycles. The maximum atomic E-state index is 5.83. The van der Waals surface area contributed by atoms with E-state index in [1.807, 2.05) is 30.3 Å². The number of nitrogens with zero attached hydrogens (tertiary/aromatic N) is 1. The standard InChI is InChI=1S/C12H12N2O/c13-12-10(8-4-2-1-3-5-8)11(15-14-12)9-6-7-9/h1-5,9H,6-7H2,(H2,13,14). The van der Waals surface area contributed by atoms with Crippen LogP contribution < -0.4 is 5.73 Å². The van der Waals surface area contributed by atoms with Crippen molar-refractivity contribution in [3.63, 3.8) is 0 Å². The second-order valence-corrected chi connectivity index (χ2v) is 3.95. The van der Waals surface area contributed by atoms with Gasteiger partial charge in [0.1, 0.15) is 5.76 Å². The Kier molecular flexibility index (Phi) is 1.78. The highest BCUT2D eigenvalue weighted by atomic mass is 16.5. The van der Waals surface area contributed by atoms with Gasteiger partial charge in [0.15, 0.2) is 5.82 Å². The van der Waals surface area contributed by atoms with Crippen LogP contribution in [0.5, 0.6) is 0 Å². The third kappa shape index (κ3) is 1.40. The first kappa shape index (κ1) is 8.53. The van der Waals surface area contributed by atoms with Crippen molar-refractivity contribution in [1.82, 2.24) is 5.16 Å². The summed E-state index contributed by atoms with van der Waals surface area (Å²) in [4.78, 5) is 0. The average molecular weight is 200 g/mol. The molecule has 15 heavy (non-hydrogen) atoms. The second-order valence-electron chi connectivity index (χ2n) is 3.95. The molecule has 1 saturated carbocycles. The highest BCUT2D eigenvalue weighted by Crippen LogP contribution is 2.46. The normalized spacial score (nSPS) is 15.5. The molecule has 0 aliphatic heterocycles. The lowest BCUT2D eigenvalue weighted by molar-refractivity contribution is 0.387. The number of aromatic nitrogens is 1. The molecule has 0 radical (unpaired) electrons. The van der Waals surface area contributed by atoms with Crippen molar-refractivity contribution in [2.24, 2.45) is 0 Å².